The Morgan fingerprint density at radius 2 is 1.07 bits per heavy atom. The molecule has 1 saturated heterocycles. The summed E-state index contributed by atoms with van der Waals surface area (Å²) in [6.45, 7) is 8.40. The summed E-state index contributed by atoms with van der Waals surface area (Å²) in [5.74, 6) is 0. The Balaban J connectivity index is 1.31. The van der Waals surface area contributed by atoms with Gasteiger partial charge in [0, 0.05) is 11.1 Å². The van der Waals surface area contributed by atoms with Gasteiger partial charge in [-0.1, -0.05) is 115 Å². The molecule has 1 spiro atoms. The van der Waals surface area contributed by atoms with Gasteiger partial charge in [-0.05, 0) is 90.1 Å². The molecule has 1 fully saturated rings. The molecule has 2 heterocycles. The molecule has 218 valence electrons. The first-order valence-corrected chi connectivity index (χ1v) is 15.9. The van der Waals surface area contributed by atoms with Gasteiger partial charge in [0.2, 0.25) is 0 Å². The van der Waals surface area contributed by atoms with Crippen LogP contribution >= 0.6 is 0 Å². The molecule has 3 aliphatic rings. The molecule has 0 bridgehead atoms. The number of fused-ring (bicyclic) bond motifs is 11. The summed E-state index contributed by atoms with van der Waals surface area (Å²) in [6, 6.07) is 49.1. The van der Waals surface area contributed by atoms with Crippen LogP contribution in [0.5, 0.6) is 0 Å². The molecule has 0 N–H and O–H groups in total. The van der Waals surface area contributed by atoms with Gasteiger partial charge in [0.15, 0.2) is 0 Å². The largest absolute Gasteiger partial charge is 0.494 e. The van der Waals surface area contributed by atoms with E-state index in [1.165, 1.54) is 55.5 Å². The van der Waals surface area contributed by atoms with E-state index in [0.29, 0.717) is 0 Å². The Hall–Kier alpha value is -4.64. The average Bonchev–Trinajstić information content (AvgIpc) is 3.48. The first-order valence-electron chi connectivity index (χ1n) is 15.9. The summed E-state index contributed by atoms with van der Waals surface area (Å²) in [5.41, 5.74) is 11.2. The molecule has 45 heavy (non-hydrogen) atoms. The number of para-hydroxylation sites is 1. The van der Waals surface area contributed by atoms with Gasteiger partial charge in [0.05, 0.1) is 28.0 Å². The van der Waals surface area contributed by atoms with Crippen molar-refractivity contribution in [3.05, 3.63) is 156 Å². The zero-order valence-corrected chi connectivity index (χ0v) is 26.0. The van der Waals surface area contributed by atoms with E-state index >= 15 is 0 Å². The third-order valence-corrected chi connectivity index (χ3v) is 10.7. The maximum atomic E-state index is 6.40. The highest BCUT2D eigenvalue weighted by Crippen LogP contribution is 2.64. The van der Waals surface area contributed by atoms with Crippen molar-refractivity contribution in [3.8, 4) is 11.1 Å². The minimum atomic E-state index is -0.442. The molecule has 6 aromatic rings. The van der Waals surface area contributed by atoms with Gasteiger partial charge >= 0.3 is 7.12 Å². The van der Waals surface area contributed by atoms with Crippen LogP contribution in [-0.2, 0) is 14.7 Å². The van der Waals surface area contributed by atoms with Crippen LogP contribution in [0.3, 0.4) is 0 Å². The summed E-state index contributed by atoms with van der Waals surface area (Å²) in [4.78, 5) is 2.47. The highest BCUT2D eigenvalue weighted by molar-refractivity contribution is 6.62. The van der Waals surface area contributed by atoms with Crippen molar-refractivity contribution in [2.45, 2.75) is 44.3 Å². The fraction of sp³-hybridized carbons (Fsp3) is 0.171. The number of hydrogen-bond donors (Lipinski definition) is 0. The number of benzene rings is 6. The van der Waals surface area contributed by atoms with E-state index in [2.05, 4.69) is 166 Å². The molecular weight excluding hydrogens is 549 g/mol. The smallest absolute Gasteiger partial charge is 0.399 e. The van der Waals surface area contributed by atoms with E-state index in [-0.39, 0.29) is 11.2 Å². The summed E-state index contributed by atoms with van der Waals surface area (Å²) >= 11 is 0. The van der Waals surface area contributed by atoms with Crippen molar-refractivity contribution in [3.63, 3.8) is 0 Å². The molecule has 0 radical (unpaired) electrons. The van der Waals surface area contributed by atoms with E-state index in [9.17, 15) is 0 Å². The van der Waals surface area contributed by atoms with Gasteiger partial charge in [0.1, 0.15) is 0 Å². The van der Waals surface area contributed by atoms with Crippen molar-refractivity contribution >= 4 is 40.4 Å². The molecule has 0 saturated carbocycles. The fourth-order valence-corrected chi connectivity index (χ4v) is 7.89. The van der Waals surface area contributed by atoms with Crippen LogP contribution in [0, 0.1) is 0 Å². The Bertz CT molecular complexity index is 2090. The second kappa shape index (κ2) is 9.20. The van der Waals surface area contributed by atoms with Gasteiger partial charge in [0.25, 0.3) is 0 Å². The second-order valence-corrected chi connectivity index (χ2v) is 13.6. The standard InChI is InChI=1S/C41H34BNO2/c1-39(2)40(3,4)45-42(44-39)28-22-24-29(25-23-28)43-37-20-12-11-19-35(37)41(36-26-21-27-13-5-6-14-30(27)38(36)43)33-17-9-7-15-31(33)32-16-8-10-18-34(32)41/h5-26H,1-4H3. The molecule has 0 amide bonds. The number of anilines is 3. The zero-order valence-electron chi connectivity index (χ0n) is 26.0. The molecule has 3 nitrogen and oxygen atoms in total. The first-order chi connectivity index (χ1) is 21.8. The topological polar surface area (TPSA) is 21.7 Å². The number of hydrogen-bond acceptors (Lipinski definition) is 3. The van der Waals surface area contributed by atoms with Crippen LogP contribution in [0.2, 0.25) is 0 Å². The molecule has 6 aromatic carbocycles. The molecule has 2 aliphatic heterocycles. The van der Waals surface area contributed by atoms with Crippen LogP contribution < -0.4 is 10.4 Å². The van der Waals surface area contributed by atoms with Crippen LogP contribution in [0.15, 0.2) is 133 Å². The summed E-state index contributed by atoms with van der Waals surface area (Å²) in [5, 5.41) is 2.46. The molecule has 0 atom stereocenters. The zero-order chi connectivity index (χ0) is 30.6. The maximum Gasteiger partial charge on any atom is 0.494 e. The summed E-state index contributed by atoms with van der Waals surface area (Å²) in [7, 11) is -0.402. The molecule has 4 heteroatoms. The van der Waals surface area contributed by atoms with Gasteiger partial charge in [-0.15, -0.1) is 0 Å². The lowest BCUT2D eigenvalue weighted by atomic mass is 9.64. The quantitative estimate of drug-likeness (QED) is 0.189. The summed E-state index contributed by atoms with van der Waals surface area (Å²) < 4.78 is 12.8. The maximum absolute atomic E-state index is 6.40. The Morgan fingerprint density at radius 1 is 0.511 bits per heavy atom. The minimum Gasteiger partial charge on any atom is -0.399 e. The fourth-order valence-electron chi connectivity index (χ4n) is 7.89. The SMILES string of the molecule is CC1(C)OB(c2ccc(N3c4ccccc4C4(c5ccccc5-c5ccccc54)c4ccc5ccccc5c43)cc2)OC1(C)C. The van der Waals surface area contributed by atoms with Crippen molar-refractivity contribution in [1.29, 1.82) is 0 Å². The van der Waals surface area contributed by atoms with Gasteiger partial charge in [-0.2, -0.15) is 0 Å². The monoisotopic (exact) mass is 583 g/mol. The number of nitrogens with zero attached hydrogens (tertiary/aromatic N) is 1. The highest BCUT2D eigenvalue weighted by atomic mass is 16.7. The lowest BCUT2D eigenvalue weighted by molar-refractivity contribution is 0.00578. The minimum absolute atomic E-state index is 0.387. The van der Waals surface area contributed by atoms with E-state index in [1.54, 1.807) is 0 Å². The predicted molar refractivity (Wildman–Crippen MR) is 185 cm³/mol. The lowest BCUT2D eigenvalue weighted by Crippen LogP contribution is -2.41. The van der Waals surface area contributed by atoms with Crippen LogP contribution in [-0.4, -0.2) is 18.3 Å². The van der Waals surface area contributed by atoms with E-state index in [0.717, 1.165) is 11.2 Å². The molecular formula is C41H34BNO2. The van der Waals surface area contributed by atoms with Gasteiger partial charge in [-0.3, -0.25) is 0 Å². The van der Waals surface area contributed by atoms with Crippen LogP contribution in [0.4, 0.5) is 17.1 Å². The molecule has 0 aromatic heterocycles. The summed E-state index contributed by atoms with van der Waals surface area (Å²) in [6.07, 6.45) is 0. The second-order valence-electron chi connectivity index (χ2n) is 13.6. The normalized spacial score (nSPS) is 18.0. The van der Waals surface area contributed by atoms with E-state index < -0.39 is 12.5 Å². The van der Waals surface area contributed by atoms with Crippen molar-refractivity contribution in [2.75, 3.05) is 4.90 Å². The average molecular weight is 584 g/mol. The Morgan fingerprint density at radius 3 is 1.73 bits per heavy atom. The van der Waals surface area contributed by atoms with Crippen LogP contribution in [0.25, 0.3) is 21.9 Å². The van der Waals surface area contributed by atoms with Gasteiger partial charge < -0.3 is 14.2 Å². The highest BCUT2D eigenvalue weighted by Gasteiger charge is 2.53. The molecule has 0 unspecified atom stereocenters. The lowest BCUT2D eigenvalue weighted by Gasteiger charge is -2.45. The Labute approximate surface area is 265 Å². The third kappa shape index (κ3) is 3.50. The predicted octanol–water partition coefficient (Wildman–Crippen LogP) is 9.29. The van der Waals surface area contributed by atoms with E-state index in [1.807, 2.05) is 0 Å². The first kappa shape index (κ1) is 26.7. The molecule has 1 aliphatic carbocycles. The molecule has 9 rings (SSSR count). The van der Waals surface area contributed by atoms with Crippen LogP contribution in [0.1, 0.15) is 49.9 Å². The van der Waals surface area contributed by atoms with Crippen molar-refractivity contribution < 1.29 is 9.31 Å². The Kier molecular flexibility index (Phi) is 5.47. The number of rotatable bonds is 2. The van der Waals surface area contributed by atoms with Gasteiger partial charge in [-0.25, -0.2) is 0 Å². The van der Waals surface area contributed by atoms with E-state index in [4.69, 9.17) is 9.31 Å². The van der Waals surface area contributed by atoms with Crippen molar-refractivity contribution in [1.82, 2.24) is 0 Å². The van der Waals surface area contributed by atoms with Crippen molar-refractivity contribution in [2.24, 2.45) is 0 Å². The third-order valence-electron chi connectivity index (χ3n) is 10.7.